The zero-order valence-electron chi connectivity index (χ0n) is 12.1. The average molecular weight is 303 g/mol. The molecule has 0 saturated carbocycles. The van der Waals surface area contributed by atoms with Crippen molar-refractivity contribution in [2.75, 3.05) is 23.4 Å². The van der Waals surface area contributed by atoms with Crippen LogP contribution in [0.3, 0.4) is 0 Å². The molecule has 3 nitrogen and oxygen atoms in total. The second kappa shape index (κ2) is 8.76. The van der Waals surface area contributed by atoms with Crippen LogP contribution in [0.25, 0.3) is 0 Å². The zero-order valence-corrected chi connectivity index (χ0v) is 12.9. The molecule has 0 atom stereocenters. The minimum Gasteiger partial charge on any atom is -0.395 e. The van der Waals surface area contributed by atoms with Crippen LogP contribution in [0.15, 0.2) is 24.3 Å². The van der Waals surface area contributed by atoms with E-state index in [1.54, 1.807) is 0 Å². The monoisotopic (exact) mass is 303 g/mol. The molecule has 0 aromatic heterocycles. The summed E-state index contributed by atoms with van der Waals surface area (Å²) in [6.45, 7) is 0.0725. The summed E-state index contributed by atoms with van der Waals surface area (Å²) in [5, 5.41) is 11.7. The highest BCUT2D eigenvalue weighted by molar-refractivity contribution is 7.99. The molecule has 0 unspecified atom stereocenters. The number of nitrogens with one attached hydrogen (secondary N) is 1. The second-order valence-corrected chi connectivity index (χ2v) is 6.39. The molecule has 1 amide bonds. The molecule has 0 radical (unpaired) electrons. The Morgan fingerprint density at radius 2 is 2.19 bits per heavy atom. The summed E-state index contributed by atoms with van der Waals surface area (Å²) < 4.78 is 0. The predicted octanol–water partition coefficient (Wildman–Crippen LogP) is 2.89. The molecule has 1 aliphatic rings. The van der Waals surface area contributed by atoms with Gasteiger partial charge in [-0.05, 0) is 48.5 Å². The Morgan fingerprint density at radius 1 is 1.38 bits per heavy atom. The molecule has 1 fully saturated rings. The van der Waals surface area contributed by atoms with Gasteiger partial charge in [-0.2, -0.15) is 11.8 Å². The largest absolute Gasteiger partial charge is 0.395 e. The molecular formula is C17H21NO2S. The van der Waals surface area contributed by atoms with Gasteiger partial charge in [-0.15, -0.1) is 0 Å². The van der Waals surface area contributed by atoms with Gasteiger partial charge in [0.25, 0.3) is 0 Å². The number of aliphatic hydroxyl groups excluding tert-OH is 1. The lowest BCUT2D eigenvalue weighted by atomic mass is 9.98. The smallest absolute Gasteiger partial charge is 0.224 e. The van der Waals surface area contributed by atoms with Gasteiger partial charge in [0.1, 0.15) is 0 Å². The van der Waals surface area contributed by atoms with Crippen LogP contribution in [-0.4, -0.2) is 29.1 Å². The highest BCUT2D eigenvalue weighted by Crippen LogP contribution is 2.25. The van der Waals surface area contributed by atoms with E-state index in [0.717, 1.165) is 24.1 Å². The summed E-state index contributed by atoms with van der Waals surface area (Å²) in [6.07, 6.45) is 3.37. The molecule has 4 heteroatoms. The summed E-state index contributed by atoms with van der Waals surface area (Å²) in [7, 11) is 0. The number of hydrogen-bond donors (Lipinski definition) is 2. The first-order valence-electron chi connectivity index (χ1n) is 7.35. The van der Waals surface area contributed by atoms with Crippen molar-refractivity contribution in [3.63, 3.8) is 0 Å². The van der Waals surface area contributed by atoms with Crippen molar-refractivity contribution in [1.29, 1.82) is 0 Å². The van der Waals surface area contributed by atoms with E-state index in [4.69, 9.17) is 5.11 Å². The van der Waals surface area contributed by atoms with Gasteiger partial charge in [0.05, 0.1) is 6.61 Å². The van der Waals surface area contributed by atoms with E-state index in [-0.39, 0.29) is 12.5 Å². The minimum absolute atomic E-state index is 0.0725. The molecule has 2 N–H and O–H groups in total. The van der Waals surface area contributed by atoms with Crippen LogP contribution in [0.4, 0.5) is 5.69 Å². The number of anilines is 1. The Bertz CT molecular complexity index is 527. The quantitative estimate of drug-likeness (QED) is 0.841. The number of amides is 1. The number of carbonyl (C=O) groups is 1. The molecule has 1 aromatic rings. The van der Waals surface area contributed by atoms with E-state index >= 15 is 0 Å². The van der Waals surface area contributed by atoms with E-state index in [2.05, 4.69) is 17.2 Å². The van der Waals surface area contributed by atoms with Crippen LogP contribution in [-0.2, 0) is 4.79 Å². The van der Waals surface area contributed by atoms with Gasteiger partial charge >= 0.3 is 0 Å². The minimum atomic E-state index is 0.0725. The molecule has 2 rings (SSSR count). The zero-order chi connectivity index (χ0) is 14.9. The number of rotatable bonds is 4. The lowest BCUT2D eigenvalue weighted by molar-refractivity contribution is -0.117. The molecule has 1 aliphatic heterocycles. The standard InChI is InChI=1S/C17H21NO2S/c19-9-2-1-4-14-5-3-6-16(12-14)18-17(20)13-15-7-10-21-11-8-15/h3,5-6,12,15,19H,2,7-11,13H2,(H,18,20). The lowest BCUT2D eigenvalue weighted by Gasteiger charge is -2.20. The molecule has 1 heterocycles. The summed E-state index contributed by atoms with van der Waals surface area (Å²) >= 11 is 1.98. The second-order valence-electron chi connectivity index (χ2n) is 5.16. The summed E-state index contributed by atoms with van der Waals surface area (Å²) in [5.74, 6) is 8.82. The highest BCUT2D eigenvalue weighted by atomic mass is 32.2. The van der Waals surface area contributed by atoms with E-state index in [1.165, 1.54) is 11.5 Å². The number of benzene rings is 1. The van der Waals surface area contributed by atoms with E-state index in [1.807, 2.05) is 36.0 Å². The third-order valence-electron chi connectivity index (χ3n) is 3.43. The number of hydrogen-bond acceptors (Lipinski definition) is 3. The fraction of sp³-hybridized carbons (Fsp3) is 0.471. The SMILES string of the molecule is O=C(CC1CCSCC1)Nc1cccc(C#CCCO)c1. The van der Waals surface area contributed by atoms with Crippen LogP contribution in [0, 0.1) is 17.8 Å². The van der Waals surface area contributed by atoms with E-state index < -0.39 is 0 Å². The lowest BCUT2D eigenvalue weighted by Crippen LogP contribution is -2.19. The van der Waals surface area contributed by atoms with E-state index in [9.17, 15) is 4.79 Å². The Balaban J connectivity index is 1.88. The molecule has 0 spiro atoms. The molecule has 21 heavy (non-hydrogen) atoms. The van der Waals surface area contributed by atoms with Crippen LogP contribution in [0.2, 0.25) is 0 Å². The number of carbonyl (C=O) groups excluding carboxylic acids is 1. The predicted molar refractivity (Wildman–Crippen MR) is 88.3 cm³/mol. The fourth-order valence-corrected chi connectivity index (χ4v) is 3.52. The van der Waals surface area contributed by atoms with Crippen molar-refractivity contribution >= 4 is 23.4 Å². The Labute approximate surface area is 130 Å². The van der Waals surface area contributed by atoms with Gasteiger partial charge < -0.3 is 10.4 Å². The summed E-state index contributed by atoms with van der Waals surface area (Å²) in [6, 6.07) is 7.54. The van der Waals surface area contributed by atoms with Crippen molar-refractivity contribution in [2.45, 2.75) is 25.7 Å². The van der Waals surface area contributed by atoms with Gasteiger partial charge in [-0.25, -0.2) is 0 Å². The van der Waals surface area contributed by atoms with Gasteiger partial charge in [0.2, 0.25) is 5.91 Å². The van der Waals surface area contributed by atoms with Crippen LogP contribution >= 0.6 is 11.8 Å². The molecule has 0 bridgehead atoms. The molecule has 0 aliphatic carbocycles. The molecule has 1 aromatic carbocycles. The Kier molecular flexibility index (Phi) is 6.65. The van der Waals surface area contributed by atoms with Crippen LogP contribution in [0.5, 0.6) is 0 Å². The van der Waals surface area contributed by atoms with Crippen molar-refractivity contribution in [1.82, 2.24) is 0 Å². The Hall–Kier alpha value is -1.44. The first-order chi connectivity index (χ1) is 10.3. The maximum Gasteiger partial charge on any atom is 0.224 e. The van der Waals surface area contributed by atoms with Gasteiger partial charge in [0.15, 0.2) is 0 Å². The van der Waals surface area contributed by atoms with Crippen molar-refractivity contribution in [2.24, 2.45) is 5.92 Å². The molecule has 1 saturated heterocycles. The van der Waals surface area contributed by atoms with Crippen molar-refractivity contribution in [3.05, 3.63) is 29.8 Å². The number of aliphatic hydroxyl groups is 1. The maximum atomic E-state index is 12.1. The first-order valence-corrected chi connectivity index (χ1v) is 8.51. The number of thioether (sulfide) groups is 1. The van der Waals surface area contributed by atoms with Crippen LogP contribution in [0.1, 0.15) is 31.2 Å². The maximum absolute atomic E-state index is 12.1. The fourth-order valence-electron chi connectivity index (χ4n) is 2.32. The van der Waals surface area contributed by atoms with Crippen LogP contribution < -0.4 is 5.32 Å². The first kappa shape index (κ1) is 15.9. The summed E-state index contributed by atoms with van der Waals surface area (Å²) in [5.41, 5.74) is 1.65. The third-order valence-corrected chi connectivity index (χ3v) is 4.48. The van der Waals surface area contributed by atoms with Crippen molar-refractivity contribution < 1.29 is 9.90 Å². The van der Waals surface area contributed by atoms with E-state index in [0.29, 0.717) is 18.8 Å². The summed E-state index contributed by atoms with van der Waals surface area (Å²) in [4.78, 5) is 12.1. The normalized spacial score (nSPS) is 15.1. The van der Waals surface area contributed by atoms with Gasteiger partial charge in [-0.1, -0.05) is 17.9 Å². The van der Waals surface area contributed by atoms with Crippen molar-refractivity contribution in [3.8, 4) is 11.8 Å². The topological polar surface area (TPSA) is 49.3 Å². The highest BCUT2D eigenvalue weighted by Gasteiger charge is 2.17. The van der Waals surface area contributed by atoms with Gasteiger partial charge in [0, 0.05) is 24.1 Å². The average Bonchev–Trinajstić information content (AvgIpc) is 2.49. The Morgan fingerprint density at radius 3 is 2.95 bits per heavy atom. The molecule has 112 valence electrons. The van der Waals surface area contributed by atoms with Gasteiger partial charge in [-0.3, -0.25) is 4.79 Å². The third kappa shape index (κ3) is 5.82. The molecular weight excluding hydrogens is 282 g/mol.